The van der Waals surface area contributed by atoms with Gasteiger partial charge in [-0.15, -0.1) is 0 Å². The molecule has 0 aliphatic carbocycles. The van der Waals surface area contributed by atoms with Gasteiger partial charge in [0, 0.05) is 37.8 Å². The third-order valence-electron chi connectivity index (χ3n) is 7.10. The molecule has 2 aliphatic rings. The standard InChI is InChI=1S/C27H33F3N2O2/c1-19(2)31-17-13-25(14-18-31)34-24-9-5-20(6-10-24)21-11-15-32(16-12-21)26(33)22-3-7-23(8-4-22)27(28,29)30/h3-10,19,21,25H,11-18H2,1-2H3. The Morgan fingerprint density at radius 2 is 1.47 bits per heavy atom. The summed E-state index contributed by atoms with van der Waals surface area (Å²) in [5.41, 5.74) is 0.798. The maximum atomic E-state index is 12.8. The van der Waals surface area contributed by atoms with E-state index in [4.69, 9.17) is 4.74 Å². The summed E-state index contributed by atoms with van der Waals surface area (Å²) in [4.78, 5) is 16.9. The topological polar surface area (TPSA) is 32.8 Å². The quantitative estimate of drug-likeness (QED) is 0.535. The molecular formula is C27H33F3N2O2. The van der Waals surface area contributed by atoms with E-state index in [0.29, 0.717) is 30.6 Å². The number of amides is 1. The third-order valence-corrected chi connectivity index (χ3v) is 7.10. The fourth-order valence-electron chi connectivity index (χ4n) is 4.92. The Morgan fingerprint density at radius 1 is 0.882 bits per heavy atom. The normalized spacial score (nSPS) is 18.9. The van der Waals surface area contributed by atoms with E-state index in [1.165, 1.54) is 17.7 Å². The lowest BCUT2D eigenvalue weighted by Gasteiger charge is -2.34. The van der Waals surface area contributed by atoms with Gasteiger partial charge in [0.05, 0.1) is 5.56 Å². The summed E-state index contributed by atoms with van der Waals surface area (Å²) in [5, 5.41) is 0. The van der Waals surface area contributed by atoms with E-state index in [2.05, 4.69) is 30.9 Å². The summed E-state index contributed by atoms with van der Waals surface area (Å²) in [6.45, 7) is 7.80. The van der Waals surface area contributed by atoms with E-state index in [1.807, 2.05) is 12.1 Å². The SMILES string of the molecule is CC(C)N1CCC(Oc2ccc(C3CCN(C(=O)c4ccc(C(F)(F)F)cc4)CC3)cc2)CC1. The Labute approximate surface area is 199 Å². The van der Waals surface area contributed by atoms with Crippen LogP contribution in [0.3, 0.4) is 0 Å². The maximum absolute atomic E-state index is 12.8. The average molecular weight is 475 g/mol. The lowest BCUT2D eigenvalue weighted by molar-refractivity contribution is -0.137. The zero-order valence-corrected chi connectivity index (χ0v) is 19.9. The van der Waals surface area contributed by atoms with Gasteiger partial charge in [-0.3, -0.25) is 4.79 Å². The number of nitrogens with zero attached hydrogens (tertiary/aromatic N) is 2. The van der Waals surface area contributed by atoms with Crippen molar-refractivity contribution in [1.29, 1.82) is 0 Å². The zero-order valence-electron chi connectivity index (χ0n) is 19.9. The fourth-order valence-corrected chi connectivity index (χ4v) is 4.92. The minimum atomic E-state index is -4.40. The molecule has 0 bridgehead atoms. The number of benzene rings is 2. The number of alkyl halides is 3. The second-order valence-corrected chi connectivity index (χ2v) is 9.66. The van der Waals surface area contributed by atoms with E-state index in [1.54, 1.807) is 4.90 Å². The monoisotopic (exact) mass is 474 g/mol. The molecule has 2 heterocycles. The van der Waals surface area contributed by atoms with Gasteiger partial charge in [0.25, 0.3) is 5.91 Å². The van der Waals surface area contributed by atoms with Crippen LogP contribution in [0.2, 0.25) is 0 Å². The van der Waals surface area contributed by atoms with E-state index < -0.39 is 11.7 Å². The maximum Gasteiger partial charge on any atom is 0.416 e. The molecule has 2 aliphatic heterocycles. The summed E-state index contributed by atoms with van der Waals surface area (Å²) < 4.78 is 44.5. The van der Waals surface area contributed by atoms with Crippen LogP contribution >= 0.6 is 0 Å². The van der Waals surface area contributed by atoms with Crippen molar-refractivity contribution >= 4 is 5.91 Å². The highest BCUT2D eigenvalue weighted by molar-refractivity contribution is 5.94. The third kappa shape index (κ3) is 5.93. The summed E-state index contributed by atoms with van der Waals surface area (Å²) in [6.07, 6.45) is -0.372. The molecule has 1 amide bonds. The van der Waals surface area contributed by atoms with Gasteiger partial charge in [-0.05, 0) is 87.4 Å². The van der Waals surface area contributed by atoms with Crippen molar-refractivity contribution < 1.29 is 22.7 Å². The first-order chi connectivity index (χ1) is 16.2. The minimum Gasteiger partial charge on any atom is -0.490 e. The van der Waals surface area contributed by atoms with Crippen molar-refractivity contribution in [2.24, 2.45) is 0 Å². The van der Waals surface area contributed by atoms with Crippen molar-refractivity contribution in [1.82, 2.24) is 9.80 Å². The Bertz CT molecular complexity index is 941. The largest absolute Gasteiger partial charge is 0.490 e. The summed E-state index contributed by atoms with van der Waals surface area (Å²) in [6, 6.07) is 13.4. The number of likely N-dealkylation sites (tertiary alicyclic amines) is 2. The van der Waals surface area contributed by atoms with Gasteiger partial charge in [0.2, 0.25) is 0 Å². The molecule has 184 valence electrons. The lowest BCUT2D eigenvalue weighted by Crippen LogP contribution is -2.41. The average Bonchev–Trinajstić information content (AvgIpc) is 2.84. The Balaban J connectivity index is 1.27. The number of hydrogen-bond acceptors (Lipinski definition) is 3. The van der Waals surface area contributed by atoms with E-state index >= 15 is 0 Å². The van der Waals surface area contributed by atoms with E-state index in [0.717, 1.165) is 56.7 Å². The van der Waals surface area contributed by atoms with Gasteiger partial charge in [0.1, 0.15) is 11.9 Å². The van der Waals surface area contributed by atoms with Crippen LogP contribution < -0.4 is 4.74 Å². The van der Waals surface area contributed by atoms with Crippen LogP contribution in [-0.2, 0) is 6.18 Å². The first kappa shape index (κ1) is 24.6. The number of ether oxygens (including phenoxy) is 1. The molecule has 0 unspecified atom stereocenters. The van der Waals surface area contributed by atoms with Gasteiger partial charge >= 0.3 is 6.18 Å². The summed E-state index contributed by atoms with van der Waals surface area (Å²) in [7, 11) is 0. The van der Waals surface area contributed by atoms with Gasteiger partial charge in [0.15, 0.2) is 0 Å². The molecular weight excluding hydrogens is 441 g/mol. The second kappa shape index (κ2) is 10.4. The van der Waals surface area contributed by atoms with Gasteiger partial charge in [-0.25, -0.2) is 0 Å². The molecule has 34 heavy (non-hydrogen) atoms. The Hall–Kier alpha value is -2.54. The molecule has 0 aromatic heterocycles. The molecule has 0 spiro atoms. The predicted octanol–water partition coefficient (Wildman–Crippen LogP) is 5.98. The van der Waals surface area contributed by atoms with E-state index in [-0.39, 0.29) is 12.0 Å². The van der Waals surface area contributed by atoms with Gasteiger partial charge in [-0.1, -0.05) is 12.1 Å². The van der Waals surface area contributed by atoms with Crippen molar-refractivity contribution in [3.8, 4) is 5.75 Å². The highest BCUT2D eigenvalue weighted by Crippen LogP contribution is 2.32. The predicted molar refractivity (Wildman–Crippen MR) is 126 cm³/mol. The van der Waals surface area contributed by atoms with Crippen LogP contribution in [0.1, 0.15) is 66.9 Å². The highest BCUT2D eigenvalue weighted by atomic mass is 19.4. The van der Waals surface area contributed by atoms with Crippen LogP contribution in [0.5, 0.6) is 5.75 Å². The number of piperidine rings is 2. The number of rotatable bonds is 5. The number of hydrogen-bond donors (Lipinski definition) is 0. The number of halogens is 3. The van der Waals surface area contributed by atoms with Crippen LogP contribution in [0.15, 0.2) is 48.5 Å². The molecule has 0 atom stereocenters. The summed E-state index contributed by atoms with van der Waals surface area (Å²) >= 11 is 0. The minimum absolute atomic E-state index is 0.209. The van der Waals surface area contributed by atoms with Crippen LogP contribution in [0, 0.1) is 0 Å². The molecule has 2 saturated heterocycles. The zero-order chi connectivity index (χ0) is 24.3. The van der Waals surface area contributed by atoms with Gasteiger partial charge < -0.3 is 14.5 Å². The second-order valence-electron chi connectivity index (χ2n) is 9.66. The molecule has 4 nitrogen and oxygen atoms in total. The van der Waals surface area contributed by atoms with Crippen molar-refractivity contribution in [2.45, 2.75) is 63.8 Å². The van der Waals surface area contributed by atoms with Crippen LogP contribution in [0.4, 0.5) is 13.2 Å². The van der Waals surface area contributed by atoms with Crippen molar-refractivity contribution in [3.05, 3.63) is 65.2 Å². The first-order valence-electron chi connectivity index (χ1n) is 12.2. The molecule has 0 saturated carbocycles. The molecule has 7 heteroatoms. The molecule has 0 radical (unpaired) electrons. The fraction of sp³-hybridized carbons (Fsp3) is 0.519. The first-order valence-corrected chi connectivity index (χ1v) is 12.2. The Morgan fingerprint density at radius 3 is 2.00 bits per heavy atom. The number of carbonyl (C=O) groups is 1. The van der Waals surface area contributed by atoms with Gasteiger partial charge in [-0.2, -0.15) is 13.2 Å². The molecule has 2 fully saturated rings. The van der Waals surface area contributed by atoms with Crippen LogP contribution in [-0.4, -0.2) is 54.0 Å². The van der Waals surface area contributed by atoms with Crippen molar-refractivity contribution in [3.63, 3.8) is 0 Å². The molecule has 0 N–H and O–H groups in total. The smallest absolute Gasteiger partial charge is 0.416 e. The Kier molecular flexibility index (Phi) is 7.51. The van der Waals surface area contributed by atoms with E-state index in [9.17, 15) is 18.0 Å². The van der Waals surface area contributed by atoms with Crippen molar-refractivity contribution in [2.75, 3.05) is 26.2 Å². The highest BCUT2D eigenvalue weighted by Gasteiger charge is 2.31. The molecule has 4 rings (SSSR count). The molecule has 2 aromatic carbocycles. The lowest BCUT2D eigenvalue weighted by atomic mass is 9.89. The molecule has 2 aromatic rings. The summed E-state index contributed by atoms with van der Waals surface area (Å²) in [5.74, 6) is 1.06. The number of carbonyl (C=O) groups excluding carboxylic acids is 1. The van der Waals surface area contributed by atoms with Crippen LogP contribution in [0.25, 0.3) is 0 Å².